The molecule has 1 heterocycles. The highest BCUT2D eigenvalue weighted by atomic mass is 32.2. The first kappa shape index (κ1) is 11.0. The van der Waals surface area contributed by atoms with Gasteiger partial charge in [-0.1, -0.05) is 0 Å². The van der Waals surface area contributed by atoms with E-state index < -0.39 is 0 Å². The molecule has 1 aliphatic heterocycles. The molecule has 0 saturated carbocycles. The fourth-order valence-electron chi connectivity index (χ4n) is 1.44. The molecule has 0 atom stereocenters. The summed E-state index contributed by atoms with van der Waals surface area (Å²) in [5, 5.41) is 2.76. The molecule has 0 saturated heterocycles. The van der Waals surface area contributed by atoms with E-state index in [-0.39, 0.29) is 11.8 Å². The Bertz CT molecular complexity index is 448. The summed E-state index contributed by atoms with van der Waals surface area (Å²) in [6.07, 6.45) is 0.484. The van der Waals surface area contributed by atoms with E-state index in [1.165, 1.54) is 0 Å². The summed E-state index contributed by atoms with van der Waals surface area (Å²) in [5.41, 5.74) is 3.17. The van der Waals surface area contributed by atoms with Gasteiger partial charge in [-0.05, 0) is 18.2 Å². The summed E-state index contributed by atoms with van der Waals surface area (Å²) in [6.45, 7) is 0. The maximum Gasteiger partial charge on any atom is 0.265 e. The van der Waals surface area contributed by atoms with Gasteiger partial charge in [0.2, 0.25) is 5.91 Å². The lowest BCUT2D eigenvalue weighted by Gasteiger charge is -2.07. The number of carbonyl (C=O) groups excluding carboxylic acids is 2. The van der Waals surface area contributed by atoms with Crippen LogP contribution in [0.1, 0.15) is 16.8 Å². The number of carbonyl (C=O) groups is 2. The van der Waals surface area contributed by atoms with Crippen LogP contribution in [0.3, 0.4) is 0 Å². The van der Waals surface area contributed by atoms with Gasteiger partial charge in [0.25, 0.3) is 5.91 Å². The molecule has 0 spiro atoms. The Kier molecular flexibility index (Phi) is 3.12. The van der Waals surface area contributed by atoms with Crippen molar-refractivity contribution in [3.8, 4) is 0 Å². The number of nitrogens with one attached hydrogen (secondary N) is 2. The highest BCUT2D eigenvalue weighted by molar-refractivity contribution is 7.99. The topological polar surface area (TPSA) is 84.2 Å². The minimum absolute atomic E-state index is 0.0310. The first-order valence-electron chi connectivity index (χ1n) is 4.78. The average Bonchev–Trinajstić information content (AvgIpc) is 2.47. The molecule has 1 aromatic rings. The molecule has 0 aromatic heterocycles. The Morgan fingerprint density at radius 1 is 1.50 bits per heavy atom. The predicted molar refractivity (Wildman–Crippen MR) is 62.1 cm³/mol. The van der Waals surface area contributed by atoms with Crippen LogP contribution in [-0.2, 0) is 4.79 Å². The maximum atomic E-state index is 11.3. The Hall–Kier alpha value is -1.53. The largest absolute Gasteiger partial charge is 0.325 e. The van der Waals surface area contributed by atoms with Crippen molar-refractivity contribution in [2.75, 3.05) is 11.1 Å². The van der Waals surface area contributed by atoms with E-state index in [1.807, 2.05) is 6.07 Å². The number of benzene rings is 1. The molecule has 1 aliphatic rings. The zero-order valence-corrected chi connectivity index (χ0v) is 9.26. The standard InChI is InChI=1S/C10H11N3O2S/c11-13-10(15)6-1-2-8-7(5-6)12-9(14)3-4-16-8/h1-2,5H,3-4,11H2,(H,12,14)(H,13,15). The summed E-state index contributed by atoms with van der Waals surface area (Å²) in [6, 6.07) is 5.13. The molecule has 16 heavy (non-hydrogen) atoms. The van der Waals surface area contributed by atoms with Crippen LogP contribution in [0, 0.1) is 0 Å². The van der Waals surface area contributed by atoms with Crippen molar-refractivity contribution in [2.24, 2.45) is 5.84 Å². The fourth-order valence-corrected chi connectivity index (χ4v) is 2.38. The molecule has 0 aliphatic carbocycles. The number of anilines is 1. The smallest absolute Gasteiger partial charge is 0.265 e. The quantitative estimate of drug-likeness (QED) is 0.382. The van der Waals surface area contributed by atoms with Crippen LogP contribution in [0.15, 0.2) is 23.1 Å². The van der Waals surface area contributed by atoms with E-state index in [4.69, 9.17) is 5.84 Å². The summed E-state index contributed by atoms with van der Waals surface area (Å²) < 4.78 is 0. The van der Waals surface area contributed by atoms with Gasteiger partial charge in [-0.3, -0.25) is 15.0 Å². The summed E-state index contributed by atoms with van der Waals surface area (Å²) in [7, 11) is 0. The normalized spacial score (nSPS) is 14.7. The summed E-state index contributed by atoms with van der Waals surface area (Å²) in [4.78, 5) is 23.6. The number of rotatable bonds is 1. The van der Waals surface area contributed by atoms with Crippen LogP contribution in [-0.4, -0.2) is 17.6 Å². The lowest BCUT2D eigenvalue weighted by atomic mass is 10.2. The minimum atomic E-state index is -0.369. The van der Waals surface area contributed by atoms with Crippen molar-refractivity contribution < 1.29 is 9.59 Å². The van der Waals surface area contributed by atoms with Crippen molar-refractivity contribution in [3.63, 3.8) is 0 Å². The highest BCUT2D eigenvalue weighted by Crippen LogP contribution is 2.31. The van der Waals surface area contributed by atoms with Crippen LogP contribution in [0.4, 0.5) is 5.69 Å². The van der Waals surface area contributed by atoms with E-state index in [9.17, 15) is 9.59 Å². The molecule has 2 amide bonds. The molecule has 0 fully saturated rings. The molecule has 1 aromatic carbocycles. The molecule has 0 bridgehead atoms. The second-order valence-corrected chi connectivity index (χ2v) is 4.47. The van der Waals surface area contributed by atoms with E-state index >= 15 is 0 Å². The highest BCUT2D eigenvalue weighted by Gasteiger charge is 2.15. The van der Waals surface area contributed by atoms with Gasteiger partial charge in [0.15, 0.2) is 0 Å². The molecule has 0 radical (unpaired) electrons. The van der Waals surface area contributed by atoms with Crippen LogP contribution in [0.5, 0.6) is 0 Å². The Morgan fingerprint density at radius 2 is 2.31 bits per heavy atom. The number of thioether (sulfide) groups is 1. The van der Waals surface area contributed by atoms with E-state index in [1.54, 1.807) is 23.9 Å². The zero-order chi connectivity index (χ0) is 11.5. The Labute approximate surface area is 96.7 Å². The number of hydrogen-bond donors (Lipinski definition) is 3. The van der Waals surface area contributed by atoms with Crippen LogP contribution in [0.25, 0.3) is 0 Å². The first-order valence-corrected chi connectivity index (χ1v) is 5.77. The van der Waals surface area contributed by atoms with Crippen molar-refractivity contribution in [3.05, 3.63) is 23.8 Å². The van der Waals surface area contributed by atoms with Crippen LogP contribution in [0.2, 0.25) is 0 Å². The molecular formula is C10H11N3O2S. The number of nitrogen functional groups attached to an aromatic ring is 1. The van der Waals surface area contributed by atoms with E-state index in [0.29, 0.717) is 17.7 Å². The summed E-state index contributed by atoms with van der Waals surface area (Å²) >= 11 is 1.60. The van der Waals surface area contributed by atoms with E-state index in [0.717, 1.165) is 10.6 Å². The van der Waals surface area contributed by atoms with Gasteiger partial charge in [-0.2, -0.15) is 0 Å². The van der Waals surface area contributed by atoms with Crippen molar-refractivity contribution in [1.29, 1.82) is 0 Å². The molecule has 4 N–H and O–H groups in total. The molecule has 84 valence electrons. The minimum Gasteiger partial charge on any atom is -0.325 e. The SMILES string of the molecule is NNC(=O)c1ccc2c(c1)NC(=O)CCS2. The van der Waals surface area contributed by atoms with Gasteiger partial charge in [-0.25, -0.2) is 5.84 Å². The average molecular weight is 237 g/mol. The molecular weight excluding hydrogens is 226 g/mol. The second-order valence-electron chi connectivity index (χ2n) is 3.33. The Balaban J connectivity index is 2.36. The molecule has 2 rings (SSSR count). The summed E-state index contributed by atoms with van der Waals surface area (Å²) in [5.74, 6) is 5.40. The lowest BCUT2D eigenvalue weighted by Crippen LogP contribution is -2.30. The van der Waals surface area contributed by atoms with Crippen molar-refractivity contribution in [2.45, 2.75) is 11.3 Å². The van der Waals surface area contributed by atoms with Crippen LogP contribution < -0.4 is 16.6 Å². The first-order chi connectivity index (χ1) is 7.70. The molecule has 0 unspecified atom stereocenters. The zero-order valence-electron chi connectivity index (χ0n) is 8.45. The number of fused-ring (bicyclic) bond motifs is 1. The third-order valence-electron chi connectivity index (χ3n) is 2.23. The fraction of sp³-hybridized carbons (Fsp3) is 0.200. The van der Waals surface area contributed by atoms with Gasteiger partial charge in [0.05, 0.1) is 5.69 Å². The van der Waals surface area contributed by atoms with Gasteiger partial charge < -0.3 is 5.32 Å². The molecule has 5 nitrogen and oxygen atoms in total. The lowest BCUT2D eigenvalue weighted by molar-refractivity contribution is -0.115. The third kappa shape index (κ3) is 2.17. The van der Waals surface area contributed by atoms with Gasteiger partial charge in [-0.15, -0.1) is 11.8 Å². The second kappa shape index (κ2) is 4.54. The van der Waals surface area contributed by atoms with Crippen molar-refractivity contribution >= 4 is 29.3 Å². The van der Waals surface area contributed by atoms with E-state index in [2.05, 4.69) is 10.7 Å². The van der Waals surface area contributed by atoms with Gasteiger partial charge in [0, 0.05) is 22.6 Å². The number of hydrogen-bond acceptors (Lipinski definition) is 4. The number of nitrogens with two attached hydrogens (primary N) is 1. The maximum absolute atomic E-state index is 11.3. The number of amides is 2. The number of hydrazine groups is 1. The van der Waals surface area contributed by atoms with Gasteiger partial charge >= 0.3 is 0 Å². The third-order valence-corrected chi connectivity index (χ3v) is 3.31. The Morgan fingerprint density at radius 3 is 3.06 bits per heavy atom. The monoisotopic (exact) mass is 237 g/mol. The predicted octanol–water partition coefficient (Wildman–Crippen LogP) is 0.724. The molecule has 6 heteroatoms. The van der Waals surface area contributed by atoms with Crippen LogP contribution >= 0.6 is 11.8 Å². The van der Waals surface area contributed by atoms with Crippen molar-refractivity contribution in [1.82, 2.24) is 5.43 Å². The van der Waals surface area contributed by atoms with Gasteiger partial charge in [0.1, 0.15) is 0 Å².